The van der Waals surface area contributed by atoms with E-state index in [-0.39, 0.29) is 11.9 Å². The zero-order valence-electron chi connectivity index (χ0n) is 9.76. The highest BCUT2D eigenvalue weighted by Crippen LogP contribution is 2.12. The minimum Gasteiger partial charge on any atom is -0.346 e. The van der Waals surface area contributed by atoms with E-state index in [2.05, 4.69) is 35.9 Å². The zero-order valence-corrected chi connectivity index (χ0v) is 11.3. The van der Waals surface area contributed by atoms with Gasteiger partial charge >= 0.3 is 0 Å². The average Bonchev–Trinajstić information content (AvgIpc) is 2.81. The lowest BCUT2D eigenvalue weighted by atomic mass is 10.1. The van der Waals surface area contributed by atoms with Crippen molar-refractivity contribution in [3.05, 3.63) is 46.5 Å². The van der Waals surface area contributed by atoms with Crippen LogP contribution in [-0.4, -0.2) is 16.0 Å². The number of nitrogens with one attached hydrogen (secondary N) is 1. The van der Waals surface area contributed by atoms with Crippen LogP contribution < -0.4 is 5.32 Å². The Kier molecular flexibility index (Phi) is 4.09. The number of nitrogens with zero attached hydrogens (tertiary/aromatic N) is 2. The summed E-state index contributed by atoms with van der Waals surface area (Å²) in [5.41, 5.74) is 0.946. The van der Waals surface area contributed by atoms with Crippen molar-refractivity contribution in [3.63, 3.8) is 0 Å². The van der Waals surface area contributed by atoms with Gasteiger partial charge in [0.2, 0.25) is 12.3 Å². The molecular weight excluding hydrogens is 298 g/mol. The van der Waals surface area contributed by atoms with Gasteiger partial charge in [0.05, 0.1) is 12.5 Å². The molecule has 0 unspecified atom stereocenters. The quantitative estimate of drug-likeness (QED) is 0.940. The predicted molar refractivity (Wildman–Crippen MR) is 68.7 cm³/mol. The second-order valence-corrected chi connectivity index (χ2v) is 4.80. The molecule has 6 heteroatoms. The van der Waals surface area contributed by atoms with Crippen molar-refractivity contribution in [1.82, 2.24) is 15.5 Å². The summed E-state index contributed by atoms with van der Waals surface area (Å²) >= 11 is 3.37. The van der Waals surface area contributed by atoms with Crippen LogP contribution in [-0.2, 0) is 11.2 Å². The molecular formula is C12H12BrN3O2. The fourth-order valence-corrected chi connectivity index (χ4v) is 2.01. The molecule has 1 N–H and O–H groups in total. The lowest BCUT2D eigenvalue weighted by Gasteiger charge is -2.10. The summed E-state index contributed by atoms with van der Waals surface area (Å²) in [6.45, 7) is 1.81. The van der Waals surface area contributed by atoms with Crippen molar-refractivity contribution in [1.29, 1.82) is 0 Å². The first-order valence-electron chi connectivity index (χ1n) is 5.45. The second kappa shape index (κ2) is 5.77. The van der Waals surface area contributed by atoms with Crippen molar-refractivity contribution >= 4 is 21.8 Å². The van der Waals surface area contributed by atoms with Gasteiger partial charge in [0.15, 0.2) is 5.82 Å². The van der Waals surface area contributed by atoms with Crippen LogP contribution in [0.5, 0.6) is 0 Å². The molecule has 0 aliphatic carbocycles. The van der Waals surface area contributed by atoms with E-state index >= 15 is 0 Å². The van der Waals surface area contributed by atoms with Crippen LogP contribution in [0, 0.1) is 0 Å². The number of halogens is 1. The van der Waals surface area contributed by atoms with E-state index in [9.17, 15) is 4.79 Å². The van der Waals surface area contributed by atoms with Gasteiger partial charge in [0, 0.05) is 4.47 Å². The van der Waals surface area contributed by atoms with Crippen molar-refractivity contribution < 1.29 is 9.32 Å². The maximum atomic E-state index is 11.8. The van der Waals surface area contributed by atoms with Crippen molar-refractivity contribution in [2.45, 2.75) is 19.4 Å². The first kappa shape index (κ1) is 12.8. The maximum Gasteiger partial charge on any atom is 0.225 e. The number of benzene rings is 1. The number of hydrogen-bond donors (Lipinski definition) is 1. The summed E-state index contributed by atoms with van der Waals surface area (Å²) in [6.07, 6.45) is 1.56. The Morgan fingerprint density at radius 2 is 2.39 bits per heavy atom. The standard InChI is InChI=1S/C12H12BrN3O2/c1-8(12-14-7-18-16-12)15-11(17)6-9-3-2-4-10(13)5-9/h2-5,7-8H,6H2,1H3,(H,15,17)/t8-/m0/s1. The summed E-state index contributed by atoms with van der Waals surface area (Å²) in [5.74, 6) is 0.392. The van der Waals surface area contributed by atoms with Gasteiger partial charge in [-0.25, -0.2) is 0 Å². The molecule has 0 fully saturated rings. The number of carbonyl (C=O) groups is 1. The minimum absolute atomic E-state index is 0.0783. The highest BCUT2D eigenvalue weighted by Gasteiger charge is 2.13. The van der Waals surface area contributed by atoms with Crippen molar-refractivity contribution in [2.24, 2.45) is 0 Å². The lowest BCUT2D eigenvalue weighted by molar-refractivity contribution is -0.121. The third-order valence-electron chi connectivity index (χ3n) is 2.40. The molecule has 1 heterocycles. The summed E-state index contributed by atoms with van der Waals surface area (Å²) < 4.78 is 5.59. The molecule has 1 aromatic carbocycles. The number of carbonyl (C=O) groups excluding carboxylic acids is 1. The molecule has 1 aromatic heterocycles. The number of hydrogen-bond acceptors (Lipinski definition) is 4. The Morgan fingerprint density at radius 3 is 3.06 bits per heavy atom. The van der Waals surface area contributed by atoms with E-state index < -0.39 is 0 Å². The summed E-state index contributed by atoms with van der Waals surface area (Å²) in [6, 6.07) is 7.38. The van der Waals surface area contributed by atoms with Crippen LogP contribution in [0.4, 0.5) is 0 Å². The summed E-state index contributed by atoms with van der Waals surface area (Å²) in [5, 5.41) is 6.49. The molecule has 0 radical (unpaired) electrons. The molecule has 0 aliphatic rings. The molecule has 1 atom stereocenters. The zero-order chi connectivity index (χ0) is 13.0. The Balaban J connectivity index is 1.93. The van der Waals surface area contributed by atoms with Crippen LogP contribution in [0.3, 0.4) is 0 Å². The van der Waals surface area contributed by atoms with Gasteiger partial charge in [0.1, 0.15) is 0 Å². The first-order valence-corrected chi connectivity index (χ1v) is 6.24. The van der Waals surface area contributed by atoms with Crippen molar-refractivity contribution in [3.8, 4) is 0 Å². The van der Waals surface area contributed by atoms with E-state index in [1.807, 2.05) is 31.2 Å². The third-order valence-corrected chi connectivity index (χ3v) is 2.89. The minimum atomic E-state index is -0.261. The Morgan fingerprint density at radius 1 is 1.56 bits per heavy atom. The van der Waals surface area contributed by atoms with E-state index in [0.29, 0.717) is 12.2 Å². The van der Waals surface area contributed by atoms with Crippen LogP contribution in [0.15, 0.2) is 39.7 Å². The third kappa shape index (κ3) is 3.40. The number of amides is 1. The van der Waals surface area contributed by atoms with Crippen molar-refractivity contribution in [2.75, 3.05) is 0 Å². The Bertz CT molecular complexity index is 528. The van der Waals surface area contributed by atoms with Gasteiger partial charge in [-0.2, -0.15) is 4.98 Å². The summed E-state index contributed by atoms with van der Waals surface area (Å²) in [4.78, 5) is 15.7. The Labute approximate surface area is 113 Å². The molecule has 2 rings (SSSR count). The van der Waals surface area contributed by atoms with E-state index in [0.717, 1.165) is 10.0 Å². The maximum absolute atomic E-state index is 11.8. The van der Waals surface area contributed by atoms with Crippen LogP contribution in [0.2, 0.25) is 0 Å². The first-order chi connectivity index (χ1) is 8.65. The number of rotatable bonds is 4. The SMILES string of the molecule is C[C@H](NC(=O)Cc1cccc(Br)c1)c1ncon1. The fraction of sp³-hybridized carbons (Fsp3) is 0.250. The predicted octanol–water partition coefficient (Wildman–Crippen LogP) is 2.25. The van der Waals surface area contributed by atoms with Gasteiger partial charge in [-0.05, 0) is 24.6 Å². The molecule has 2 aromatic rings. The smallest absolute Gasteiger partial charge is 0.225 e. The average molecular weight is 310 g/mol. The van der Waals surface area contributed by atoms with E-state index in [1.54, 1.807) is 0 Å². The normalized spacial score (nSPS) is 12.1. The van der Waals surface area contributed by atoms with Crippen LogP contribution >= 0.6 is 15.9 Å². The molecule has 0 saturated carbocycles. The van der Waals surface area contributed by atoms with Gasteiger partial charge in [-0.15, -0.1) is 0 Å². The number of aromatic nitrogens is 2. The molecule has 5 nitrogen and oxygen atoms in total. The molecule has 0 bridgehead atoms. The monoisotopic (exact) mass is 309 g/mol. The van der Waals surface area contributed by atoms with Crippen LogP contribution in [0.25, 0.3) is 0 Å². The molecule has 94 valence electrons. The summed E-state index contributed by atoms with van der Waals surface area (Å²) in [7, 11) is 0. The topological polar surface area (TPSA) is 68.0 Å². The Hall–Kier alpha value is -1.69. The fourth-order valence-electron chi connectivity index (χ4n) is 1.56. The molecule has 0 spiro atoms. The van der Waals surface area contributed by atoms with Crippen LogP contribution in [0.1, 0.15) is 24.4 Å². The van der Waals surface area contributed by atoms with Gasteiger partial charge in [-0.3, -0.25) is 4.79 Å². The lowest BCUT2D eigenvalue weighted by Crippen LogP contribution is -2.28. The second-order valence-electron chi connectivity index (χ2n) is 3.89. The van der Waals surface area contributed by atoms with Gasteiger partial charge in [-0.1, -0.05) is 33.2 Å². The highest BCUT2D eigenvalue weighted by atomic mass is 79.9. The highest BCUT2D eigenvalue weighted by molar-refractivity contribution is 9.10. The molecule has 18 heavy (non-hydrogen) atoms. The van der Waals surface area contributed by atoms with Gasteiger partial charge < -0.3 is 9.84 Å². The molecule has 0 saturated heterocycles. The largest absolute Gasteiger partial charge is 0.346 e. The molecule has 1 amide bonds. The molecule has 0 aliphatic heterocycles. The van der Waals surface area contributed by atoms with E-state index in [1.165, 1.54) is 6.39 Å². The van der Waals surface area contributed by atoms with Gasteiger partial charge in [0.25, 0.3) is 0 Å². The van der Waals surface area contributed by atoms with E-state index in [4.69, 9.17) is 0 Å².